The third-order valence-corrected chi connectivity index (χ3v) is 4.82. The van der Waals surface area contributed by atoms with Gasteiger partial charge in [-0.2, -0.15) is 15.1 Å². The fourth-order valence-electron chi connectivity index (χ4n) is 1.76. The normalized spacial score (nSPS) is 20.6. The average molecular weight is 304 g/mol. The summed E-state index contributed by atoms with van der Waals surface area (Å²) in [6.45, 7) is 4.05. The molecule has 3 rings (SSSR count). The van der Waals surface area contributed by atoms with Gasteiger partial charge in [-0.25, -0.2) is 0 Å². The average Bonchev–Trinajstić information content (AvgIpc) is 3.03. The highest BCUT2D eigenvalue weighted by Gasteiger charge is 2.36. The summed E-state index contributed by atoms with van der Waals surface area (Å²) in [5, 5.41) is 17.3. The van der Waals surface area contributed by atoms with Gasteiger partial charge in [-0.15, -0.1) is 11.3 Å². The number of nitrogens with zero attached hydrogens (tertiary/aromatic N) is 3. The van der Waals surface area contributed by atoms with Crippen molar-refractivity contribution in [1.29, 1.82) is 5.41 Å². The lowest BCUT2D eigenvalue weighted by molar-refractivity contribution is -0.114. The molecule has 0 saturated carbocycles. The molecule has 2 aliphatic heterocycles. The Balaban J connectivity index is 1.99. The molecule has 2 aliphatic rings. The van der Waals surface area contributed by atoms with Crippen molar-refractivity contribution >= 4 is 51.1 Å². The minimum absolute atomic E-state index is 0.0940. The maximum absolute atomic E-state index is 12.1. The Morgan fingerprint density at radius 2 is 2.25 bits per heavy atom. The van der Waals surface area contributed by atoms with E-state index in [0.29, 0.717) is 5.17 Å². The monoisotopic (exact) mass is 304 g/mol. The molecule has 0 bridgehead atoms. The summed E-state index contributed by atoms with van der Waals surface area (Å²) in [6, 6.07) is 3.81. The van der Waals surface area contributed by atoms with Gasteiger partial charge in [0.25, 0.3) is 5.91 Å². The van der Waals surface area contributed by atoms with Crippen molar-refractivity contribution in [2.24, 2.45) is 16.0 Å². The van der Waals surface area contributed by atoms with Crippen LogP contribution in [0.5, 0.6) is 0 Å². The van der Waals surface area contributed by atoms with Crippen molar-refractivity contribution in [1.82, 2.24) is 5.01 Å². The highest BCUT2D eigenvalue weighted by molar-refractivity contribution is 8.27. The molecule has 0 fully saturated rings. The molecule has 0 saturated heterocycles. The van der Waals surface area contributed by atoms with E-state index in [9.17, 15) is 4.79 Å². The highest BCUT2D eigenvalue weighted by atomic mass is 32.2. The molecule has 1 aromatic heterocycles. The summed E-state index contributed by atoms with van der Waals surface area (Å²) in [6.07, 6.45) is 1.70. The van der Waals surface area contributed by atoms with E-state index in [0.717, 1.165) is 9.92 Å². The third-order valence-electron chi connectivity index (χ3n) is 2.79. The van der Waals surface area contributed by atoms with E-state index >= 15 is 0 Å². The zero-order chi connectivity index (χ0) is 14.3. The number of hydrogen-bond donors (Lipinski definition) is 1. The Morgan fingerprint density at radius 1 is 1.45 bits per heavy atom. The van der Waals surface area contributed by atoms with Crippen LogP contribution in [0.15, 0.2) is 33.2 Å². The van der Waals surface area contributed by atoms with Gasteiger partial charge in [0.15, 0.2) is 5.84 Å². The fraction of sp³-hybridized carbons (Fsp3) is 0.231. The van der Waals surface area contributed by atoms with E-state index in [1.54, 1.807) is 6.08 Å². The molecular formula is C13H12N4OS2. The standard InChI is InChI=1S/C13H12N4OS2/c1-7(2)12-16-17-10(14)9(6-8-4-3-5-19-8)11(18)15-13(17)20-12/h3-7,14H,1-2H3/b9-6-,14-10?. The van der Waals surface area contributed by atoms with Crippen LogP contribution in [0, 0.1) is 11.3 Å². The van der Waals surface area contributed by atoms with Crippen LogP contribution in [0.2, 0.25) is 0 Å². The van der Waals surface area contributed by atoms with Crippen molar-refractivity contribution in [3.63, 3.8) is 0 Å². The third kappa shape index (κ3) is 2.23. The molecule has 0 atom stereocenters. The first-order valence-corrected chi connectivity index (χ1v) is 7.79. The molecule has 1 amide bonds. The molecule has 0 aromatic carbocycles. The lowest BCUT2D eigenvalue weighted by atomic mass is 10.1. The minimum atomic E-state index is -0.373. The zero-order valence-electron chi connectivity index (χ0n) is 11.0. The van der Waals surface area contributed by atoms with Crippen molar-refractivity contribution in [3.05, 3.63) is 28.0 Å². The first kappa shape index (κ1) is 13.3. The van der Waals surface area contributed by atoms with E-state index in [1.807, 2.05) is 31.4 Å². The number of carbonyl (C=O) groups is 1. The molecule has 7 heteroatoms. The van der Waals surface area contributed by atoms with Crippen molar-refractivity contribution in [2.45, 2.75) is 13.8 Å². The number of hydrazone groups is 1. The number of aliphatic imine (C=N–C) groups is 1. The Labute approximate surface area is 124 Å². The van der Waals surface area contributed by atoms with Gasteiger partial charge >= 0.3 is 0 Å². The number of amides is 1. The Bertz CT molecular complexity index is 671. The van der Waals surface area contributed by atoms with Crippen molar-refractivity contribution in [2.75, 3.05) is 0 Å². The summed E-state index contributed by atoms with van der Waals surface area (Å²) < 4.78 is 0. The fourth-order valence-corrected chi connectivity index (χ4v) is 3.31. The van der Waals surface area contributed by atoms with Gasteiger partial charge in [0.2, 0.25) is 5.17 Å². The smallest absolute Gasteiger partial charge is 0.282 e. The molecule has 102 valence electrons. The number of thiophene rings is 1. The van der Waals surface area contributed by atoms with Crippen LogP contribution in [0.1, 0.15) is 18.7 Å². The number of amidine groups is 2. The topological polar surface area (TPSA) is 68.9 Å². The van der Waals surface area contributed by atoms with E-state index in [1.165, 1.54) is 28.1 Å². The van der Waals surface area contributed by atoms with Crippen LogP contribution in [-0.2, 0) is 4.79 Å². The van der Waals surface area contributed by atoms with Crippen LogP contribution in [0.4, 0.5) is 0 Å². The highest BCUT2D eigenvalue weighted by Crippen LogP contribution is 2.30. The van der Waals surface area contributed by atoms with Crippen LogP contribution < -0.4 is 0 Å². The van der Waals surface area contributed by atoms with Crippen molar-refractivity contribution < 1.29 is 4.79 Å². The second-order valence-electron chi connectivity index (χ2n) is 4.63. The van der Waals surface area contributed by atoms with E-state index in [-0.39, 0.29) is 23.2 Å². The van der Waals surface area contributed by atoms with Crippen LogP contribution in [-0.4, -0.2) is 27.0 Å². The van der Waals surface area contributed by atoms with Crippen LogP contribution in [0.3, 0.4) is 0 Å². The van der Waals surface area contributed by atoms with E-state index in [2.05, 4.69) is 10.1 Å². The van der Waals surface area contributed by atoms with Crippen LogP contribution in [0.25, 0.3) is 6.08 Å². The quantitative estimate of drug-likeness (QED) is 0.854. The van der Waals surface area contributed by atoms with E-state index < -0.39 is 0 Å². The largest absolute Gasteiger partial charge is 0.283 e. The summed E-state index contributed by atoms with van der Waals surface area (Å²) >= 11 is 2.88. The first-order chi connectivity index (χ1) is 9.56. The summed E-state index contributed by atoms with van der Waals surface area (Å²) in [7, 11) is 0. The second kappa shape index (κ2) is 4.99. The number of hydrogen-bond acceptors (Lipinski definition) is 5. The molecular weight excluding hydrogens is 292 g/mol. The summed E-state index contributed by atoms with van der Waals surface area (Å²) in [5.41, 5.74) is 0.283. The Kier molecular flexibility index (Phi) is 3.31. The van der Waals surface area contributed by atoms with Gasteiger partial charge in [-0.3, -0.25) is 10.2 Å². The first-order valence-electron chi connectivity index (χ1n) is 6.10. The molecule has 1 aromatic rings. The Morgan fingerprint density at radius 3 is 2.90 bits per heavy atom. The number of carbonyl (C=O) groups excluding carboxylic acids is 1. The number of thioether (sulfide) groups is 1. The van der Waals surface area contributed by atoms with E-state index in [4.69, 9.17) is 5.41 Å². The lowest BCUT2D eigenvalue weighted by Crippen LogP contribution is -2.35. The van der Waals surface area contributed by atoms with Gasteiger partial charge in [0.05, 0.1) is 5.57 Å². The molecule has 0 aliphatic carbocycles. The minimum Gasteiger partial charge on any atom is -0.282 e. The molecule has 0 unspecified atom stereocenters. The van der Waals surface area contributed by atoms with Gasteiger partial charge in [0, 0.05) is 10.8 Å². The molecule has 20 heavy (non-hydrogen) atoms. The van der Waals surface area contributed by atoms with Gasteiger partial charge in [-0.05, 0) is 29.3 Å². The van der Waals surface area contributed by atoms with Gasteiger partial charge < -0.3 is 0 Å². The number of rotatable bonds is 2. The molecule has 0 spiro atoms. The van der Waals surface area contributed by atoms with Crippen molar-refractivity contribution in [3.8, 4) is 0 Å². The second-order valence-corrected chi connectivity index (χ2v) is 6.60. The van der Waals surface area contributed by atoms with Gasteiger partial charge in [-0.1, -0.05) is 19.9 Å². The Hall–Kier alpha value is -1.73. The predicted octanol–water partition coefficient (Wildman–Crippen LogP) is 3.02. The van der Waals surface area contributed by atoms with Crippen LogP contribution >= 0.6 is 23.1 Å². The van der Waals surface area contributed by atoms with Gasteiger partial charge in [0.1, 0.15) is 5.04 Å². The molecule has 0 radical (unpaired) electrons. The number of fused-ring (bicyclic) bond motifs is 1. The zero-order valence-corrected chi connectivity index (χ0v) is 12.6. The summed E-state index contributed by atoms with van der Waals surface area (Å²) in [4.78, 5) is 17.0. The maximum atomic E-state index is 12.1. The molecule has 1 N–H and O–H groups in total. The number of nitrogens with one attached hydrogen (secondary N) is 1. The lowest BCUT2D eigenvalue weighted by Gasteiger charge is -2.19. The molecule has 3 heterocycles. The predicted molar refractivity (Wildman–Crippen MR) is 84.2 cm³/mol. The maximum Gasteiger partial charge on any atom is 0.283 e. The summed E-state index contributed by atoms with van der Waals surface area (Å²) in [5.74, 6) is -0.0279. The molecule has 5 nitrogen and oxygen atoms in total. The SMILES string of the molecule is CC(C)C1=NN2C(=N)/C(=C/c3cccs3)C(=O)N=C2S1.